The van der Waals surface area contributed by atoms with E-state index in [1.165, 1.54) is 17.9 Å². The Morgan fingerprint density at radius 1 is 1.44 bits per heavy atom. The van der Waals surface area contributed by atoms with E-state index in [1.54, 1.807) is 6.92 Å². The number of esters is 1. The van der Waals surface area contributed by atoms with Gasteiger partial charge in [0.2, 0.25) is 0 Å². The summed E-state index contributed by atoms with van der Waals surface area (Å²) in [5, 5.41) is 11.2. The summed E-state index contributed by atoms with van der Waals surface area (Å²) in [6.45, 7) is 3.29. The topological polar surface area (TPSA) is 124 Å². The quantitative estimate of drug-likeness (QED) is 0.392. The van der Waals surface area contributed by atoms with Gasteiger partial charge in [-0.1, -0.05) is 11.6 Å². The Kier molecular flexibility index (Phi) is 6.42. The summed E-state index contributed by atoms with van der Waals surface area (Å²) in [6, 6.07) is 3.01. The lowest BCUT2D eigenvalue weighted by atomic mass is 10.1. The average molecular weight is 419 g/mol. The second-order valence-electron chi connectivity index (χ2n) is 6.15. The first-order valence-corrected chi connectivity index (χ1v) is 10.4. The van der Waals surface area contributed by atoms with E-state index in [-0.39, 0.29) is 28.6 Å². The molecule has 0 spiro atoms. The van der Waals surface area contributed by atoms with Gasteiger partial charge in [0.1, 0.15) is 5.56 Å². The Morgan fingerprint density at radius 3 is 2.63 bits per heavy atom. The molecule has 1 fully saturated rings. The minimum absolute atomic E-state index is 0.00653. The number of amides is 1. The number of sulfone groups is 1. The number of hydrogen-bond acceptors (Lipinski definition) is 7. The van der Waals surface area contributed by atoms with Crippen molar-refractivity contribution in [1.82, 2.24) is 4.90 Å². The first-order valence-electron chi connectivity index (χ1n) is 8.21. The molecule has 1 aromatic rings. The van der Waals surface area contributed by atoms with Crippen molar-refractivity contribution < 1.29 is 27.7 Å². The summed E-state index contributed by atoms with van der Waals surface area (Å²) in [4.78, 5) is 36.6. The molecule has 0 N–H and O–H groups in total. The number of nitro groups is 1. The minimum atomic E-state index is -3.18. The maximum absolute atomic E-state index is 12.6. The standard InChI is InChI=1S/C16H19ClN2O7S/c1-3-18(12-6-7-27(24,25)9-12)15(20)10(2)26-16(21)13-5-4-11(17)8-14(13)19(22)23/h4-5,8,10,12H,3,6-7,9H2,1-2H3/t10-,12+/m0/s1. The molecule has 2 rings (SSSR count). The molecular weight excluding hydrogens is 400 g/mol. The van der Waals surface area contributed by atoms with Crippen molar-refractivity contribution in [3.05, 3.63) is 38.9 Å². The molecule has 148 valence electrons. The number of likely N-dealkylation sites (N-methyl/N-ethyl adjacent to an activating group) is 1. The number of carbonyl (C=O) groups excluding carboxylic acids is 2. The van der Waals surface area contributed by atoms with Crippen LogP contribution in [-0.4, -0.2) is 60.3 Å². The van der Waals surface area contributed by atoms with Gasteiger partial charge < -0.3 is 9.64 Å². The smallest absolute Gasteiger partial charge is 0.345 e. The number of halogens is 1. The van der Waals surface area contributed by atoms with E-state index >= 15 is 0 Å². The van der Waals surface area contributed by atoms with Crippen LogP contribution < -0.4 is 0 Å². The third-order valence-electron chi connectivity index (χ3n) is 4.28. The first kappa shape index (κ1) is 21.1. The van der Waals surface area contributed by atoms with Crippen LogP contribution in [0.5, 0.6) is 0 Å². The van der Waals surface area contributed by atoms with Gasteiger partial charge in [-0.05, 0) is 32.4 Å². The van der Waals surface area contributed by atoms with Crippen LogP contribution in [0.15, 0.2) is 18.2 Å². The van der Waals surface area contributed by atoms with Gasteiger partial charge in [0, 0.05) is 23.7 Å². The van der Waals surface area contributed by atoms with Gasteiger partial charge >= 0.3 is 5.97 Å². The number of ether oxygens (including phenoxy) is 1. The molecule has 0 saturated carbocycles. The van der Waals surface area contributed by atoms with Gasteiger partial charge in [-0.2, -0.15) is 0 Å². The highest BCUT2D eigenvalue weighted by Crippen LogP contribution is 2.25. The van der Waals surface area contributed by atoms with Crippen molar-refractivity contribution >= 4 is 39.0 Å². The van der Waals surface area contributed by atoms with Crippen molar-refractivity contribution in [2.24, 2.45) is 0 Å². The molecule has 1 saturated heterocycles. The molecule has 11 heteroatoms. The number of hydrogen-bond donors (Lipinski definition) is 0. The lowest BCUT2D eigenvalue weighted by Crippen LogP contribution is -2.46. The zero-order chi connectivity index (χ0) is 20.4. The van der Waals surface area contributed by atoms with Crippen LogP contribution in [0.3, 0.4) is 0 Å². The summed E-state index contributed by atoms with van der Waals surface area (Å²) in [5.41, 5.74) is -0.850. The van der Waals surface area contributed by atoms with E-state index in [4.69, 9.17) is 16.3 Å². The highest BCUT2D eigenvalue weighted by molar-refractivity contribution is 7.91. The highest BCUT2D eigenvalue weighted by atomic mass is 35.5. The Bertz CT molecular complexity index is 872. The normalized spacial score (nSPS) is 19.3. The van der Waals surface area contributed by atoms with Gasteiger partial charge in [-0.25, -0.2) is 13.2 Å². The predicted octanol–water partition coefficient (Wildman–Crippen LogP) is 1.83. The first-order chi connectivity index (χ1) is 12.6. The molecule has 0 aliphatic carbocycles. The molecule has 0 aromatic heterocycles. The zero-order valence-corrected chi connectivity index (χ0v) is 16.3. The van der Waals surface area contributed by atoms with E-state index < -0.39 is 44.5 Å². The monoisotopic (exact) mass is 418 g/mol. The Labute approximate surface area is 161 Å². The molecule has 1 amide bonds. The van der Waals surface area contributed by atoms with Crippen LogP contribution >= 0.6 is 11.6 Å². The number of rotatable bonds is 6. The second-order valence-corrected chi connectivity index (χ2v) is 8.81. The number of nitrogens with zero attached hydrogens (tertiary/aromatic N) is 2. The fourth-order valence-corrected chi connectivity index (χ4v) is 4.85. The Morgan fingerprint density at radius 2 is 2.11 bits per heavy atom. The molecule has 9 nitrogen and oxygen atoms in total. The Balaban J connectivity index is 2.14. The zero-order valence-electron chi connectivity index (χ0n) is 14.8. The van der Waals surface area contributed by atoms with E-state index in [1.807, 2.05) is 0 Å². The summed E-state index contributed by atoms with van der Waals surface area (Å²) in [7, 11) is -3.18. The maximum atomic E-state index is 12.6. The fourth-order valence-electron chi connectivity index (χ4n) is 2.95. The molecule has 1 aromatic carbocycles. The summed E-state index contributed by atoms with van der Waals surface area (Å²) < 4.78 is 28.4. The van der Waals surface area contributed by atoms with Crippen molar-refractivity contribution in [3.8, 4) is 0 Å². The highest BCUT2D eigenvalue weighted by Gasteiger charge is 2.36. The van der Waals surface area contributed by atoms with E-state index in [2.05, 4.69) is 0 Å². The van der Waals surface area contributed by atoms with Crippen LogP contribution in [0, 0.1) is 10.1 Å². The maximum Gasteiger partial charge on any atom is 0.345 e. The molecule has 1 aliphatic heterocycles. The van der Waals surface area contributed by atoms with Crippen LogP contribution in [-0.2, 0) is 19.4 Å². The van der Waals surface area contributed by atoms with Crippen molar-refractivity contribution in [2.45, 2.75) is 32.4 Å². The SMILES string of the molecule is CCN(C(=O)[C@H](C)OC(=O)c1ccc(Cl)cc1[N+](=O)[O-])[C@@H]1CCS(=O)(=O)C1. The molecule has 2 atom stereocenters. The molecule has 27 heavy (non-hydrogen) atoms. The summed E-state index contributed by atoms with van der Waals surface area (Å²) >= 11 is 5.71. The van der Waals surface area contributed by atoms with Crippen LogP contribution in [0.25, 0.3) is 0 Å². The third kappa shape index (κ3) is 4.95. The average Bonchev–Trinajstić information content (AvgIpc) is 2.94. The lowest BCUT2D eigenvalue weighted by molar-refractivity contribution is -0.385. The van der Waals surface area contributed by atoms with Crippen LogP contribution in [0.4, 0.5) is 5.69 Å². The van der Waals surface area contributed by atoms with Crippen molar-refractivity contribution in [3.63, 3.8) is 0 Å². The number of benzene rings is 1. The lowest BCUT2D eigenvalue weighted by Gasteiger charge is -2.29. The molecule has 1 heterocycles. The minimum Gasteiger partial charge on any atom is -0.449 e. The molecular formula is C16H19ClN2O7S. The van der Waals surface area contributed by atoms with Crippen molar-refractivity contribution in [1.29, 1.82) is 0 Å². The largest absolute Gasteiger partial charge is 0.449 e. The fraction of sp³-hybridized carbons (Fsp3) is 0.500. The van der Waals surface area contributed by atoms with Gasteiger partial charge in [-0.15, -0.1) is 0 Å². The molecule has 1 aliphatic rings. The second kappa shape index (κ2) is 8.22. The van der Waals surface area contributed by atoms with Crippen LogP contribution in [0.2, 0.25) is 5.02 Å². The van der Waals surface area contributed by atoms with Gasteiger partial charge in [0.05, 0.1) is 16.4 Å². The van der Waals surface area contributed by atoms with E-state index in [9.17, 15) is 28.1 Å². The molecule has 0 bridgehead atoms. The van der Waals surface area contributed by atoms with E-state index in [0.717, 1.165) is 12.1 Å². The molecule has 0 unspecified atom stereocenters. The summed E-state index contributed by atoms with van der Waals surface area (Å²) in [6.07, 6.45) is -0.901. The van der Waals surface area contributed by atoms with E-state index in [0.29, 0.717) is 6.42 Å². The van der Waals surface area contributed by atoms with Gasteiger partial charge in [0.15, 0.2) is 15.9 Å². The number of nitro benzene ring substituents is 1. The van der Waals surface area contributed by atoms with Gasteiger partial charge in [-0.3, -0.25) is 14.9 Å². The van der Waals surface area contributed by atoms with Crippen molar-refractivity contribution in [2.75, 3.05) is 18.1 Å². The summed E-state index contributed by atoms with van der Waals surface area (Å²) in [5.74, 6) is -1.71. The van der Waals surface area contributed by atoms with Crippen LogP contribution in [0.1, 0.15) is 30.6 Å². The van der Waals surface area contributed by atoms with Gasteiger partial charge in [0.25, 0.3) is 11.6 Å². The third-order valence-corrected chi connectivity index (χ3v) is 6.27. The number of carbonyl (C=O) groups is 2. The molecule has 0 radical (unpaired) electrons. The Hall–Kier alpha value is -2.20. The predicted molar refractivity (Wildman–Crippen MR) is 97.4 cm³/mol.